The molecule has 3 nitrogen and oxygen atoms in total. The second-order valence-electron chi connectivity index (χ2n) is 5.78. The average Bonchev–Trinajstić information content (AvgIpc) is 2.32. The van der Waals surface area contributed by atoms with Crippen LogP contribution in [0.1, 0.15) is 24.8 Å². The minimum absolute atomic E-state index is 0.291. The van der Waals surface area contributed by atoms with E-state index in [1.165, 1.54) is 19.3 Å². The van der Waals surface area contributed by atoms with Crippen LogP contribution >= 0.6 is 11.6 Å². The zero-order chi connectivity index (χ0) is 14.0. The summed E-state index contributed by atoms with van der Waals surface area (Å²) in [5, 5.41) is 0.790. The summed E-state index contributed by atoms with van der Waals surface area (Å²) >= 11 is 6.36. The minimum Gasteiger partial charge on any atom is -0.371 e. The fraction of sp³-hybridized carbons (Fsp3) is 0.600. The molecule has 1 fully saturated rings. The Morgan fingerprint density at radius 1 is 1.26 bits per heavy atom. The third kappa shape index (κ3) is 2.73. The summed E-state index contributed by atoms with van der Waals surface area (Å²) < 4.78 is 0. The lowest BCUT2D eigenvalue weighted by atomic mass is 9.75. The first-order valence-electron chi connectivity index (χ1n) is 6.86. The molecule has 1 aromatic rings. The molecular weight excluding hydrogens is 258 g/mol. The standard InChI is InChI=1S/C15H24ClN3/c1-18(2)15(8-5-9-15)11-19(3)14-12(10-17)6-4-7-13(14)16/h4,6-7H,5,8-11,17H2,1-3H3. The molecule has 1 aliphatic rings. The van der Waals surface area contributed by atoms with Crippen LogP contribution in [0.25, 0.3) is 0 Å². The van der Waals surface area contributed by atoms with Gasteiger partial charge in [0, 0.05) is 25.7 Å². The molecule has 1 aromatic carbocycles. The minimum atomic E-state index is 0.291. The van der Waals surface area contributed by atoms with Crippen molar-refractivity contribution in [3.8, 4) is 0 Å². The zero-order valence-corrected chi connectivity index (χ0v) is 12.9. The molecule has 106 valence electrons. The lowest BCUT2D eigenvalue weighted by Crippen LogP contribution is -2.56. The van der Waals surface area contributed by atoms with Crippen LogP contribution in [0.15, 0.2) is 18.2 Å². The Kier molecular flexibility index (Phi) is 4.39. The van der Waals surface area contributed by atoms with Crippen LogP contribution in [0.3, 0.4) is 0 Å². The summed E-state index contributed by atoms with van der Waals surface area (Å²) in [5.41, 5.74) is 8.32. The fourth-order valence-corrected chi connectivity index (χ4v) is 3.34. The molecule has 0 aromatic heterocycles. The zero-order valence-electron chi connectivity index (χ0n) is 12.1. The highest BCUT2D eigenvalue weighted by Crippen LogP contribution is 2.39. The van der Waals surface area contributed by atoms with E-state index in [2.05, 4.69) is 37.0 Å². The van der Waals surface area contributed by atoms with E-state index in [4.69, 9.17) is 17.3 Å². The van der Waals surface area contributed by atoms with Crippen molar-refractivity contribution in [2.45, 2.75) is 31.3 Å². The van der Waals surface area contributed by atoms with Crippen LogP contribution < -0.4 is 10.6 Å². The fourth-order valence-electron chi connectivity index (χ4n) is 3.00. The molecule has 1 saturated carbocycles. The monoisotopic (exact) mass is 281 g/mol. The van der Waals surface area contributed by atoms with E-state index in [1.807, 2.05) is 12.1 Å². The molecular formula is C15H24ClN3. The number of nitrogens with zero attached hydrogens (tertiary/aromatic N) is 2. The molecule has 4 heteroatoms. The predicted octanol–water partition coefficient (Wildman–Crippen LogP) is 2.72. The molecule has 0 saturated heterocycles. The largest absolute Gasteiger partial charge is 0.371 e. The first-order chi connectivity index (χ1) is 9.00. The second kappa shape index (κ2) is 5.70. The van der Waals surface area contributed by atoms with E-state index in [-0.39, 0.29) is 0 Å². The number of para-hydroxylation sites is 1. The van der Waals surface area contributed by atoms with Gasteiger partial charge in [-0.1, -0.05) is 23.7 Å². The van der Waals surface area contributed by atoms with Gasteiger partial charge < -0.3 is 15.5 Å². The quantitative estimate of drug-likeness (QED) is 0.901. The first kappa shape index (κ1) is 14.6. The van der Waals surface area contributed by atoms with Crippen molar-refractivity contribution < 1.29 is 0 Å². The van der Waals surface area contributed by atoms with Crippen molar-refractivity contribution in [1.29, 1.82) is 0 Å². The van der Waals surface area contributed by atoms with Gasteiger partial charge in [0.1, 0.15) is 0 Å². The van der Waals surface area contributed by atoms with Crippen LogP contribution in [-0.2, 0) is 6.54 Å². The maximum atomic E-state index is 6.36. The van der Waals surface area contributed by atoms with Gasteiger partial charge in [-0.25, -0.2) is 0 Å². The summed E-state index contributed by atoms with van der Waals surface area (Å²) in [6.07, 6.45) is 3.83. The van der Waals surface area contributed by atoms with E-state index < -0.39 is 0 Å². The van der Waals surface area contributed by atoms with Crippen LogP contribution in [0, 0.1) is 0 Å². The Labute approximate surface area is 121 Å². The Bertz CT molecular complexity index is 441. The summed E-state index contributed by atoms with van der Waals surface area (Å²) in [6.45, 7) is 1.52. The van der Waals surface area contributed by atoms with Crippen LogP contribution in [-0.4, -0.2) is 38.1 Å². The number of rotatable bonds is 5. The number of likely N-dealkylation sites (N-methyl/N-ethyl adjacent to an activating group) is 2. The highest BCUT2D eigenvalue weighted by Gasteiger charge is 2.40. The molecule has 0 heterocycles. The first-order valence-corrected chi connectivity index (χ1v) is 7.24. The van der Waals surface area contributed by atoms with Gasteiger partial charge in [-0.15, -0.1) is 0 Å². The molecule has 0 amide bonds. The van der Waals surface area contributed by atoms with E-state index in [1.54, 1.807) is 0 Å². The summed E-state index contributed by atoms with van der Waals surface area (Å²) in [5.74, 6) is 0. The van der Waals surface area contributed by atoms with Crippen LogP contribution in [0.5, 0.6) is 0 Å². The molecule has 2 rings (SSSR count). The summed E-state index contributed by atoms with van der Waals surface area (Å²) in [4.78, 5) is 4.62. The molecule has 19 heavy (non-hydrogen) atoms. The average molecular weight is 282 g/mol. The van der Waals surface area contributed by atoms with Gasteiger partial charge in [-0.2, -0.15) is 0 Å². The molecule has 0 atom stereocenters. The number of hydrogen-bond donors (Lipinski definition) is 1. The van der Waals surface area contributed by atoms with Gasteiger partial charge in [0.25, 0.3) is 0 Å². The van der Waals surface area contributed by atoms with Gasteiger partial charge >= 0.3 is 0 Å². The maximum absolute atomic E-state index is 6.36. The lowest BCUT2D eigenvalue weighted by Gasteiger charge is -2.49. The van der Waals surface area contributed by atoms with Crippen molar-refractivity contribution in [2.24, 2.45) is 5.73 Å². The molecule has 0 bridgehead atoms. The van der Waals surface area contributed by atoms with Crippen molar-refractivity contribution in [3.63, 3.8) is 0 Å². The molecule has 1 aliphatic carbocycles. The molecule has 0 aliphatic heterocycles. The maximum Gasteiger partial charge on any atom is 0.0642 e. The second-order valence-corrected chi connectivity index (χ2v) is 6.19. The highest BCUT2D eigenvalue weighted by atomic mass is 35.5. The van der Waals surface area contributed by atoms with Crippen molar-refractivity contribution in [2.75, 3.05) is 32.6 Å². The Hall–Kier alpha value is -0.770. The Balaban J connectivity index is 2.22. The van der Waals surface area contributed by atoms with E-state index in [0.29, 0.717) is 12.1 Å². The Morgan fingerprint density at radius 2 is 1.95 bits per heavy atom. The third-order valence-corrected chi connectivity index (χ3v) is 4.74. The number of halogens is 1. The predicted molar refractivity (Wildman–Crippen MR) is 82.9 cm³/mol. The third-order valence-electron chi connectivity index (χ3n) is 4.44. The van der Waals surface area contributed by atoms with Crippen molar-refractivity contribution in [3.05, 3.63) is 28.8 Å². The van der Waals surface area contributed by atoms with E-state index >= 15 is 0 Å². The van der Waals surface area contributed by atoms with Gasteiger partial charge in [-0.05, 0) is 45.0 Å². The summed E-state index contributed by atoms with van der Waals surface area (Å²) in [6, 6.07) is 5.96. The number of nitrogens with two attached hydrogens (primary N) is 1. The molecule has 0 radical (unpaired) electrons. The van der Waals surface area contributed by atoms with Gasteiger partial charge in [-0.3, -0.25) is 0 Å². The van der Waals surface area contributed by atoms with Crippen molar-refractivity contribution in [1.82, 2.24) is 4.90 Å². The van der Waals surface area contributed by atoms with Gasteiger partial charge in [0.15, 0.2) is 0 Å². The van der Waals surface area contributed by atoms with Crippen molar-refractivity contribution >= 4 is 17.3 Å². The Morgan fingerprint density at radius 3 is 2.42 bits per heavy atom. The number of benzene rings is 1. The topological polar surface area (TPSA) is 32.5 Å². The van der Waals surface area contributed by atoms with Crippen LogP contribution in [0.2, 0.25) is 5.02 Å². The lowest BCUT2D eigenvalue weighted by molar-refractivity contribution is 0.0683. The van der Waals surface area contributed by atoms with Gasteiger partial charge in [0.2, 0.25) is 0 Å². The SMILES string of the molecule is CN(CC1(N(C)C)CCC1)c1c(Cl)cccc1CN. The molecule has 0 spiro atoms. The highest BCUT2D eigenvalue weighted by molar-refractivity contribution is 6.33. The number of anilines is 1. The van der Waals surface area contributed by atoms with E-state index in [9.17, 15) is 0 Å². The molecule has 2 N–H and O–H groups in total. The van der Waals surface area contributed by atoms with Gasteiger partial charge in [0.05, 0.1) is 10.7 Å². The number of hydrogen-bond acceptors (Lipinski definition) is 3. The summed E-state index contributed by atoms with van der Waals surface area (Å²) in [7, 11) is 6.46. The van der Waals surface area contributed by atoms with E-state index in [0.717, 1.165) is 22.8 Å². The normalized spacial score (nSPS) is 17.4. The smallest absolute Gasteiger partial charge is 0.0642 e. The van der Waals surface area contributed by atoms with Crippen LogP contribution in [0.4, 0.5) is 5.69 Å². The molecule has 0 unspecified atom stereocenters.